The quantitative estimate of drug-likeness (QED) is 0.668. The fraction of sp³-hybridized carbons (Fsp3) is 0.238. The molecule has 2 aromatic carbocycles. The van der Waals surface area contributed by atoms with E-state index in [0.29, 0.717) is 36.2 Å². The second-order valence-corrected chi connectivity index (χ2v) is 6.94. The zero-order valence-electron chi connectivity index (χ0n) is 14.9. The summed E-state index contributed by atoms with van der Waals surface area (Å²) in [5.74, 6) is 0.320. The van der Waals surface area contributed by atoms with Gasteiger partial charge in [0.2, 0.25) is 0 Å². The third-order valence-corrected chi connectivity index (χ3v) is 5.03. The molecule has 1 fully saturated rings. The van der Waals surface area contributed by atoms with Crippen LogP contribution in [-0.2, 0) is 4.74 Å². The van der Waals surface area contributed by atoms with Gasteiger partial charge in [-0.2, -0.15) is 0 Å². The summed E-state index contributed by atoms with van der Waals surface area (Å²) in [5, 5.41) is 0.638. The van der Waals surface area contributed by atoms with Gasteiger partial charge in [0.05, 0.1) is 13.2 Å². The van der Waals surface area contributed by atoms with Crippen LogP contribution in [0, 0.1) is 6.92 Å². The summed E-state index contributed by atoms with van der Waals surface area (Å²) in [6, 6.07) is 15.4. The van der Waals surface area contributed by atoms with Gasteiger partial charge < -0.3 is 14.1 Å². The maximum atomic E-state index is 13.1. The summed E-state index contributed by atoms with van der Waals surface area (Å²) in [6.45, 7) is 3.38. The summed E-state index contributed by atoms with van der Waals surface area (Å²) < 4.78 is 11.4. The maximum absolute atomic E-state index is 13.1. The smallest absolute Gasteiger partial charge is 0.276 e. The van der Waals surface area contributed by atoms with E-state index in [1.54, 1.807) is 4.90 Å². The molecule has 1 saturated heterocycles. The Morgan fingerprint density at radius 2 is 1.96 bits per heavy atom. The normalized spacial score (nSPS) is 17.1. The first-order chi connectivity index (χ1) is 13.1. The number of aromatic nitrogens is 1. The molecule has 4 rings (SSSR count). The summed E-state index contributed by atoms with van der Waals surface area (Å²) in [4.78, 5) is 19.0. The van der Waals surface area contributed by atoms with Crippen LogP contribution in [0.3, 0.4) is 0 Å². The van der Waals surface area contributed by atoms with Crippen LogP contribution in [-0.4, -0.2) is 35.5 Å². The van der Waals surface area contributed by atoms with Crippen LogP contribution in [0.25, 0.3) is 11.3 Å². The Bertz CT molecular complexity index is 952. The van der Waals surface area contributed by atoms with Crippen LogP contribution >= 0.6 is 11.6 Å². The van der Waals surface area contributed by atoms with Gasteiger partial charge in [-0.05, 0) is 13.0 Å². The molecule has 1 amide bonds. The number of hydrogen-bond donors (Lipinski definition) is 0. The van der Waals surface area contributed by atoms with Gasteiger partial charge in [-0.3, -0.25) is 4.79 Å². The number of aryl methyl sites for hydroxylation is 1. The van der Waals surface area contributed by atoms with E-state index in [4.69, 9.17) is 20.8 Å². The van der Waals surface area contributed by atoms with E-state index in [9.17, 15) is 4.79 Å². The number of benzene rings is 2. The lowest BCUT2D eigenvalue weighted by molar-refractivity contribution is -0.0229. The molecule has 0 radical (unpaired) electrons. The van der Waals surface area contributed by atoms with E-state index in [2.05, 4.69) is 4.98 Å². The van der Waals surface area contributed by atoms with Gasteiger partial charge in [-0.15, -0.1) is 0 Å². The summed E-state index contributed by atoms with van der Waals surface area (Å²) in [5.41, 5.74) is 3.17. The highest BCUT2D eigenvalue weighted by atomic mass is 35.5. The lowest BCUT2D eigenvalue weighted by Crippen LogP contribution is -2.42. The lowest BCUT2D eigenvalue weighted by Gasteiger charge is -2.33. The van der Waals surface area contributed by atoms with Crippen molar-refractivity contribution in [3.63, 3.8) is 0 Å². The summed E-state index contributed by atoms with van der Waals surface area (Å²) in [6.07, 6.45) is 1.06. The predicted molar refractivity (Wildman–Crippen MR) is 103 cm³/mol. The molecule has 138 valence electrons. The van der Waals surface area contributed by atoms with Crippen LogP contribution in [0.1, 0.15) is 27.7 Å². The van der Waals surface area contributed by atoms with E-state index in [1.807, 2.05) is 55.5 Å². The van der Waals surface area contributed by atoms with Gasteiger partial charge in [0.15, 0.2) is 17.8 Å². The summed E-state index contributed by atoms with van der Waals surface area (Å²) >= 11 is 6.29. The van der Waals surface area contributed by atoms with Crippen molar-refractivity contribution in [1.82, 2.24) is 9.88 Å². The molecule has 5 nitrogen and oxygen atoms in total. The van der Waals surface area contributed by atoms with Gasteiger partial charge in [0, 0.05) is 22.7 Å². The molecule has 0 spiro atoms. The fourth-order valence-electron chi connectivity index (χ4n) is 3.22. The molecule has 1 atom stereocenters. The SMILES string of the molecule is Cc1ccc(-c2ocnc2C(=O)N2CCOC(c3ccccc3Cl)C2)cc1. The van der Waals surface area contributed by atoms with Crippen molar-refractivity contribution in [3.05, 3.63) is 76.8 Å². The molecule has 1 unspecified atom stereocenters. The molecule has 0 saturated carbocycles. The van der Waals surface area contributed by atoms with Crippen molar-refractivity contribution in [2.75, 3.05) is 19.7 Å². The number of nitrogens with zero attached hydrogens (tertiary/aromatic N) is 2. The molecule has 1 aliphatic rings. The van der Waals surface area contributed by atoms with Gasteiger partial charge in [0.25, 0.3) is 5.91 Å². The highest BCUT2D eigenvalue weighted by Crippen LogP contribution is 2.30. The number of carbonyl (C=O) groups excluding carboxylic acids is 1. The zero-order valence-corrected chi connectivity index (χ0v) is 15.6. The zero-order chi connectivity index (χ0) is 18.8. The Balaban J connectivity index is 1.58. The first-order valence-electron chi connectivity index (χ1n) is 8.79. The van der Waals surface area contributed by atoms with Crippen molar-refractivity contribution in [3.8, 4) is 11.3 Å². The number of halogens is 1. The van der Waals surface area contributed by atoms with Gasteiger partial charge >= 0.3 is 0 Å². The van der Waals surface area contributed by atoms with Crippen LogP contribution in [0.2, 0.25) is 5.02 Å². The number of hydrogen-bond acceptors (Lipinski definition) is 4. The Labute approximate surface area is 162 Å². The number of rotatable bonds is 3. The van der Waals surface area contributed by atoms with E-state index in [0.717, 1.165) is 16.7 Å². The van der Waals surface area contributed by atoms with Crippen LogP contribution in [0.4, 0.5) is 0 Å². The van der Waals surface area contributed by atoms with Crippen LogP contribution < -0.4 is 0 Å². The Kier molecular flexibility index (Phi) is 4.97. The first-order valence-corrected chi connectivity index (χ1v) is 9.17. The number of ether oxygens (including phenoxy) is 1. The number of morpholine rings is 1. The van der Waals surface area contributed by atoms with Crippen molar-refractivity contribution in [2.24, 2.45) is 0 Å². The Hall–Kier alpha value is -2.63. The fourth-order valence-corrected chi connectivity index (χ4v) is 3.47. The Morgan fingerprint density at radius 1 is 1.19 bits per heavy atom. The standard InChI is InChI=1S/C21H19ClN2O3/c1-14-6-8-15(9-7-14)20-19(23-13-27-20)21(25)24-10-11-26-18(12-24)16-4-2-3-5-17(16)22/h2-9,13,18H,10-12H2,1H3. The molecule has 1 aromatic heterocycles. The highest BCUT2D eigenvalue weighted by molar-refractivity contribution is 6.31. The molecule has 1 aliphatic heterocycles. The summed E-state index contributed by atoms with van der Waals surface area (Å²) in [7, 11) is 0. The van der Waals surface area contributed by atoms with Crippen LogP contribution in [0.15, 0.2) is 59.3 Å². The van der Waals surface area contributed by atoms with Gasteiger partial charge in [-0.25, -0.2) is 4.98 Å². The third-order valence-electron chi connectivity index (χ3n) is 4.69. The monoisotopic (exact) mass is 382 g/mol. The molecule has 0 N–H and O–H groups in total. The minimum Gasteiger partial charge on any atom is -0.443 e. The highest BCUT2D eigenvalue weighted by Gasteiger charge is 2.30. The van der Waals surface area contributed by atoms with Crippen LogP contribution in [0.5, 0.6) is 0 Å². The second-order valence-electron chi connectivity index (χ2n) is 6.53. The average Bonchev–Trinajstić information content (AvgIpc) is 3.18. The predicted octanol–water partition coefficient (Wildman–Crippen LogP) is 4.52. The van der Waals surface area contributed by atoms with E-state index in [1.165, 1.54) is 6.39 Å². The second kappa shape index (κ2) is 7.55. The average molecular weight is 383 g/mol. The molecule has 3 aromatic rings. The molecule has 0 aliphatic carbocycles. The molecular weight excluding hydrogens is 364 g/mol. The number of carbonyl (C=O) groups is 1. The molecule has 0 bridgehead atoms. The van der Waals surface area contributed by atoms with Crippen molar-refractivity contribution in [2.45, 2.75) is 13.0 Å². The minimum absolute atomic E-state index is 0.167. The first kappa shape index (κ1) is 17.8. The van der Waals surface area contributed by atoms with E-state index in [-0.39, 0.29) is 12.0 Å². The van der Waals surface area contributed by atoms with E-state index < -0.39 is 0 Å². The van der Waals surface area contributed by atoms with Gasteiger partial charge in [0.1, 0.15) is 6.10 Å². The molecule has 2 heterocycles. The molecular formula is C21H19ClN2O3. The van der Waals surface area contributed by atoms with Gasteiger partial charge in [-0.1, -0.05) is 59.6 Å². The lowest BCUT2D eigenvalue weighted by atomic mass is 10.1. The van der Waals surface area contributed by atoms with E-state index >= 15 is 0 Å². The van der Waals surface area contributed by atoms with Crippen molar-refractivity contribution in [1.29, 1.82) is 0 Å². The topological polar surface area (TPSA) is 55.6 Å². The molecule has 6 heteroatoms. The van der Waals surface area contributed by atoms with Crippen molar-refractivity contribution >= 4 is 17.5 Å². The van der Waals surface area contributed by atoms with Crippen molar-refractivity contribution < 1.29 is 13.9 Å². The largest absolute Gasteiger partial charge is 0.443 e. The molecule has 27 heavy (non-hydrogen) atoms. The Morgan fingerprint density at radius 3 is 2.74 bits per heavy atom. The number of oxazole rings is 1. The number of amides is 1. The maximum Gasteiger partial charge on any atom is 0.276 e. The third kappa shape index (κ3) is 3.61. The minimum atomic E-state index is -0.258.